The summed E-state index contributed by atoms with van der Waals surface area (Å²) in [6, 6.07) is 0. The molecule has 0 aliphatic heterocycles. The molecule has 2 N–H and O–H groups in total. The second-order valence-corrected chi connectivity index (χ2v) is 2.60. The van der Waals surface area contributed by atoms with Gasteiger partial charge in [-0.3, -0.25) is 0 Å². The number of nitrogens with zero attached hydrogens (tertiary/aromatic N) is 1. The standard InChI is InChI=1S/C8H14N2O.ClH/c1-2-3-4-8-9-5-7(6-11)10-8;/h5,11H,2-4,6H2,1H3,(H,9,10);1H. The summed E-state index contributed by atoms with van der Waals surface area (Å²) in [5.41, 5.74) is 0.733. The van der Waals surface area contributed by atoms with E-state index in [1.807, 2.05) is 0 Å². The highest BCUT2D eigenvalue weighted by Crippen LogP contribution is 2.01. The molecule has 0 saturated carbocycles. The number of imidazole rings is 1. The molecule has 0 saturated heterocycles. The number of halogens is 1. The highest BCUT2D eigenvalue weighted by molar-refractivity contribution is 5.85. The second-order valence-electron chi connectivity index (χ2n) is 2.60. The first kappa shape index (κ1) is 11.5. The predicted octanol–water partition coefficient (Wildman–Crippen LogP) is 1.67. The third-order valence-electron chi connectivity index (χ3n) is 1.61. The summed E-state index contributed by atoms with van der Waals surface area (Å²) in [5, 5.41) is 8.69. The van der Waals surface area contributed by atoms with Gasteiger partial charge in [-0.25, -0.2) is 4.98 Å². The molecule has 1 rings (SSSR count). The maximum absolute atomic E-state index is 8.69. The Balaban J connectivity index is 0.00000121. The van der Waals surface area contributed by atoms with Gasteiger partial charge in [-0.2, -0.15) is 0 Å². The van der Waals surface area contributed by atoms with Crippen molar-refractivity contribution in [2.45, 2.75) is 32.8 Å². The molecule has 0 spiro atoms. The van der Waals surface area contributed by atoms with Crippen molar-refractivity contribution < 1.29 is 5.11 Å². The molecule has 1 heterocycles. The third-order valence-corrected chi connectivity index (χ3v) is 1.61. The second kappa shape index (κ2) is 6.03. The quantitative estimate of drug-likeness (QED) is 0.759. The lowest BCUT2D eigenvalue weighted by molar-refractivity contribution is 0.277. The van der Waals surface area contributed by atoms with E-state index in [1.165, 1.54) is 6.42 Å². The fourth-order valence-electron chi connectivity index (χ4n) is 0.958. The molecule has 1 aromatic rings. The van der Waals surface area contributed by atoms with Crippen LogP contribution in [0.2, 0.25) is 0 Å². The van der Waals surface area contributed by atoms with Crippen molar-refractivity contribution in [2.75, 3.05) is 0 Å². The van der Waals surface area contributed by atoms with Crippen LogP contribution in [-0.4, -0.2) is 15.1 Å². The molecule has 4 heteroatoms. The number of nitrogens with one attached hydrogen (secondary N) is 1. The van der Waals surface area contributed by atoms with Crippen LogP contribution >= 0.6 is 12.4 Å². The summed E-state index contributed by atoms with van der Waals surface area (Å²) in [4.78, 5) is 7.18. The molecule has 1 aromatic heterocycles. The van der Waals surface area contributed by atoms with Crippen molar-refractivity contribution in [1.29, 1.82) is 0 Å². The number of H-pyrrole nitrogens is 1. The van der Waals surface area contributed by atoms with Gasteiger partial charge in [0.05, 0.1) is 12.3 Å². The van der Waals surface area contributed by atoms with Gasteiger partial charge in [0, 0.05) is 12.6 Å². The van der Waals surface area contributed by atoms with Crippen LogP contribution in [-0.2, 0) is 13.0 Å². The molecular weight excluding hydrogens is 176 g/mol. The van der Waals surface area contributed by atoms with Gasteiger partial charge in [0.25, 0.3) is 0 Å². The fourth-order valence-corrected chi connectivity index (χ4v) is 0.958. The van der Waals surface area contributed by atoms with Gasteiger partial charge in [0.2, 0.25) is 0 Å². The van der Waals surface area contributed by atoms with Crippen LogP contribution < -0.4 is 0 Å². The molecule has 3 nitrogen and oxygen atoms in total. The molecule has 0 radical (unpaired) electrons. The van der Waals surface area contributed by atoms with E-state index in [-0.39, 0.29) is 19.0 Å². The summed E-state index contributed by atoms with van der Waals surface area (Å²) in [7, 11) is 0. The molecule has 0 atom stereocenters. The van der Waals surface area contributed by atoms with Gasteiger partial charge in [-0.15, -0.1) is 12.4 Å². The number of aromatic amines is 1. The van der Waals surface area contributed by atoms with Crippen molar-refractivity contribution in [1.82, 2.24) is 9.97 Å². The van der Waals surface area contributed by atoms with Crippen molar-refractivity contribution in [3.8, 4) is 0 Å². The number of aromatic nitrogens is 2. The highest BCUT2D eigenvalue weighted by atomic mass is 35.5. The summed E-state index contributed by atoms with van der Waals surface area (Å²) in [6.07, 6.45) is 5.06. The SMILES string of the molecule is CCCCc1nc(CO)c[nH]1.Cl. The minimum absolute atomic E-state index is 0. The molecule has 0 amide bonds. The Hall–Kier alpha value is -0.540. The minimum atomic E-state index is 0. The molecule has 0 aliphatic rings. The molecule has 0 bridgehead atoms. The number of unbranched alkanes of at least 4 members (excludes halogenated alkanes) is 1. The smallest absolute Gasteiger partial charge is 0.106 e. The van der Waals surface area contributed by atoms with E-state index in [1.54, 1.807) is 6.20 Å². The first-order valence-electron chi connectivity index (χ1n) is 4.01. The van der Waals surface area contributed by atoms with Crippen LogP contribution in [0.4, 0.5) is 0 Å². The number of aliphatic hydroxyl groups excluding tert-OH is 1. The highest BCUT2D eigenvalue weighted by Gasteiger charge is 1.97. The minimum Gasteiger partial charge on any atom is -0.390 e. The van der Waals surface area contributed by atoms with Gasteiger partial charge in [0.15, 0.2) is 0 Å². The van der Waals surface area contributed by atoms with E-state index in [2.05, 4.69) is 16.9 Å². The van der Waals surface area contributed by atoms with Crippen molar-refractivity contribution in [3.63, 3.8) is 0 Å². The average molecular weight is 191 g/mol. The maximum atomic E-state index is 8.69. The van der Waals surface area contributed by atoms with Crippen molar-refractivity contribution in [2.24, 2.45) is 0 Å². The lowest BCUT2D eigenvalue weighted by Crippen LogP contribution is -1.88. The number of aryl methyl sites for hydroxylation is 1. The first-order chi connectivity index (χ1) is 5.36. The Bertz CT molecular complexity index is 213. The Morgan fingerprint density at radius 3 is 2.83 bits per heavy atom. The molecule has 70 valence electrons. The number of hydrogen-bond donors (Lipinski definition) is 2. The van der Waals surface area contributed by atoms with Crippen molar-refractivity contribution >= 4 is 12.4 Å². The largest absolute Gasteiger partial charge is 0.390 e. The van der Waals surface area contributed by atoms with Crippen LogP contribution in [0.1, 0.15) is 31.3 Å². The zero-order chi connectivity index (χ0) is 8.10. The molecular formula is C8H15ClN2O. The molecule has 0 fully saturated rings. The van der Waals surface area contributed by atoms with Gasteiger partial charge >= 0.3 is 0 Å². The lowest BCUT2D eigenvalue weighted by atomic mass is 10.2. The van der Waals surface area contributed by atoms with Gasteiger partial charge < -0.3 is 10.1 Å². The zero-order valence-electron chi connectivity index (χ0n) is 7.21. The summed E-state index contributed by atoms with van der Waals surface area (Å²) in [6.45, 7) is 2.18. The predicted molar refractivity (Wildman–Crippen MR) is 50.4 cm³/mol. The zero-order valence-corrected chi connectivity index (χ0v) is 8.02. The Labute approximate surface area is 78.6 Å². The van der Waals surface area contributed by atoms with Gasteiger partial charge in [-0.05, 0) is 6.42 Å². The van der Waals surface area contributed by atoms with E-state index in [9.17, 15) is 0 Å². The molecule has 0 aromatic carbocycles. The van der Waals surface area contributed by atoms with Crippen molar-refractivity contribution in [3.05, 3.63) is 17.7 Å². The first-order valence-corrected chi connectivity index (χ1v) is 4.01. The van der Waals surface area contributed by atoms with E-state index >= 15 is 0 Å². The summed E-state index contributed by atoms with van der Waals surface area (Å²) >= 11 is 0. The van der Waals surface area contributed by atoms with E-state index in [4.69, 9.17) is 5.11 Å². The normalized spacial score (nSPS) is 9.50. The molecule has 0 unspecified atom stereocenters. The van der Waals surface area contributed by atoms with Crippen LogP contribution in [0, 0.1) is 0 Å². The van der Waals surface area contributed by atoms with E-state index in [0.29, 0.717) is 0 Å². The lowest BCUT2D eigenvalue weighted by Gasteiger charge is -1.91. The van der Waals surface area contributed by atoms with Crippen LogP contribution in [0.25, 0.3) is 0 Å². The number of aliphatic hydroxyl groups is 1. The number of hydrogen-bond acceptors (Lipinski definition) is 2. The Morgan fingerprint density at radius 1 is 1.58 bits per heavy atom. The Morgan fingerprint density at radius 2 is 2.33 bits per heavy atom. The van der Waals surface area contributed by atoms with Crippen LogP contribution in [0.5, 0.6) is 0 Å². The van der Waals surface area contributed by atoms with E-state index in [0.717, 1.165) is 24.4 Å². The third kappa shape index (κ3) is 3.24. The van der Waals surface area contributed by atoms with Gasteiger partial charge in [0.1, 0.15) is 5.82 Å². The number of rotatable bonds is 4. The summed E-state index contributed by atoms with van der Waals surface area (Å²) in [5.74, 6) is 0.982. The van der Waals surface area contributed by atoms with E-state index < -0.39 is 0 Å². The summed E-state index contributed by atoms with van der Waals surface area (Å²) < 4.78 is 0. The fraction of sp³-hybridized carbons (Fsp3) is 0.625. The molecule has 12 heavy (non-hydrogen) atoms. The monoisotopic (exact) mass is 190 g/mol. The maximum Gasteiger partial charge on any atom is 0.106 e. The van der Waals surface area contributed by atoms with Gasteiger partial charge in [-0.1, -0.05) is 13.3 Å². The topological polar surface area (TPSA) is 48.9 Å². The van der Waals surface area contributed by atoms with Crippen LogP contribution in [0.3, 0.4) is 0 Å². The van der Waals surface area contributed by atoms with Crippen LogP contribution in [0.15, 0.2) is 6.20 Å². The average Bonchev–Trinajstić information content (AvgIpc) is 2.48. The Kier molecular flexibility index (Phi) is 5.76. The molecule has 0 aliphatic carbocycles.